The third kappa shape index (κ3) is 5.52. The van der Waals surface area contributed by atoms with Gasteiger partial charge in [-0.3, -0.25) is 4.79 Å². The van der Waals surface area contributed by atoms with Crippen LogP contribution in [-0.2, 0) is 12.0 Å². The lowest BCUT2D eigenvalue weighted by molar-refractivity contribution is 0.306. The fraction of sp³-hybridized carbons (Fsp3) is 0.192. The van der Waals surface area contributed by atoms with Crippen molar-refractivity contribution in [3.8, 4) is 5.75 Å². The Balaban J connectivity index is 1.58. The molecule has 5 nitrogen and oxygen atoms in total. The molecule has 0 aliphatic rings. The highest BCUT2D eigenvalue weighted by atomic mass is 79.9. The highest BCUT2D eigenvalue weighted by molar-refractivity contribution is 9.10. The number of fused-ring (bicyclic) bond motifs is 1. The van der Waals surface area contributed by atoms with Crippen LogP contribution in [0.2, 0.25) is 10.0 Å². The van der Waals surface area contributed by atoms with Crippen LogP contribution in [-0.4, -0.2) is 15.9 Å². The van der Waals surface area contributed by atoms with Gasteiger partial charge in [-0.2, -0.15) is 9.78 Å². The van der Waals surface area contributed by atoms with Gasteiger partial charge < -0.3 is 4.74 Å². The van der Waals surface area contributed by atoms with Crippen LogP contribution < -0.4 is 10.3 Å². The quantitative estimate of drug-likeness (QED) is 0.243. The molecule has 0 unspecified atom stereocenters. The van der Waals surface area contributed by atoms with Gasteiger partial charge in [0.1, 0.15) is 18.2 Å². The van der Waals surface area contributed by atoms with E-state index in [1.807, 2.05) is 63.2 Å². The van der Waals surface area contributed by atoms with Crippen molar-refractivity contribution in [1.82, 2.24) is 9.66 Å². The van der Waals surface area contributed by atoms with Gasteiger partial charge in [0.25, 0.3) is 5.56 Å². The highest BCUT2D eigenvalue weighted by Crippen LogP contribution is 2.24. The van der Waals surface area contributed by atoms with E-state index in [4.69, 9.17) is 32.9 Å². The summed E-state index contributed by atoms with van der Waals surface area (Å²) in [6, 6.07) is 18.3. The van der Waals surface area contributed by atoms with Crippen molar-refractivity contribution in [3.63, 3.8) is 0 Å². The Hall–Kier alpha value is -2.67. The predicted molar refractivity (Wildman–Crippen MR) is 143 cm³/mol. The molecule has 1 aromatic heterocycles. The minimum Gasteiger partial charge on any atom is -0.489 e. The van der Waals surface area contributed by atoms with E-state index in [1.165, 1.54) is 4.68 Å². The summed E-state index contributed by atoms with van der Waals surface area (Å²) < 4.78 is 8.02. The van der Waals surface area contributed by atoms with Gasteiger partial charge in [-0.05, 0) is 65.7 Å². The molecule has 0 atom stereocenters. The first kappa shape index (κ1) is 24.5. The molecule has 0 spiro atoms. The first-order valence-corrected chi connectivity index (χ1v) is 12.1. The number of hydrogen-bond donors (Lipinski definition) is 0. The van der Waals surface area contributed by atoms with Crippen LogP contribution in [0.25, 0.3) is 10.9 Å². The van der Waals surface area contributed by atoms with E-state index in [2.05, 4.69) is 21.0 Å². The summed E-state index contributed by atoms with van der Waals surface area (Å²) in [6.45, 7) is 6.38. The molecule has 0 amide bonds. The van der Waals surface area contributed by atoms with Crippen LogP contribution in [0.5, 0.6) is 5.75 Å². The summed E-state index contributed by atoms with van der Waals surface area (Å²) in [5.74, 6) is 1.29. The molecule has 0 N–H and O–H groups in total. The lowest BCUT2D eigenvalue weighted by Gasteiger charge is -2.20. The van der Waals surface area contributed by atoms with Crippen LogP contribution in [0.1, 0.15) is 37.7 Å². The lowest BCUT2D eigenvalue weighted by Crippen LogP contribution is -2.29. The minimum absolute atomic E-state index is 0.214. The normalized spacial score (nSPS) is 11.9. The average Bonchev–Trinajstić information content (AvgIpc) is 2.79. The van der Waals surface area contributed by atoms with Crippen LogP contribution in [0.4, 0.5) is 0 Å². The molecule has 34 heavy (non-hydrogen) atoms. The zero-order valence-electron chi connectivity index (χ0n) is 18.8. The fourth-order valence-electron chi connectivity index (χ4n) is 3.31. The summed E-state index contributed by atoms with van der Waals surface area (Å²) in [7, 11) is 0. The van der Waals surface area contributed by atoms with Crippen LogP contribution in [0.3, 0.4) is 0 Å². The predicted octanol–water partition coefficient (Wildman–Crippen LogP) is 7.22. The van der Waals surface area contributed by atoms with Crippen molar-refractivity contribution in [2.75, 3.05) is 0 Å². The number of benzene rings is 3. The van der Waals surface area contributed by atoms with Gasteiger partial charge in [0.15, 0.2) is 0 Å². The van der Waals surface area contributed by atoms with Crippen molar-refractivity contribution in [3.05, 3.63) is 102 Å². The van der Waals surface area contributed by atoms with Crippen molar-refractivity contribution in [2.45, 2.75) is 32.8 Å². The largest absolute Gasteiger partial charge is 0.489 e. The van der Waals surface area contributed by atoms with E-state index in [1.54, 1.807) is 24.4 Å². The Bertz CT molecular complexity index is 1440. The average molecular weight is 559 g/mol. The monoisotopic (exact) mass is 557 g/mol. The maximum atomic E-state index is 13.2. The standard InChI is InChI=1S/C26H22BrCl2N3O2/c1-26(2,3)25-31-23-11-7-18(27)13-20(23)24(33)32(25)30-14-16-4-8-19(9-5-16)34-15-17-6-10-21(28)22(29)12-17/h4-14H,15H2,1-3H3. The molecule has 3 aromatic carbocycles. The second kappa shape index (κ2) is 9.90. The van der Waals surface area contributed by atoms with Gasteiger partial charge in [-0.25, -0.2) is 4.98 Å². The molecule has 0 aliphatic heterocycles. The maximum Gasteiger partial charge on any atom is 0.282 e. The first-order valence-electron chi connectivity index (χ1n) is 10.6. The molecule has 1 heterocycles. The number of rotatable bonds is 5. The molecule has 0 saturated heterocycles. The van der Waals surface area contributed by atoms with E-state index in [9.17, 15) is 4.79 Å². The van der Waals surface area contributed by atoms with Gasteiger partial charge in [0, 0.05) is 9.89 Å². The number of halogens is 3. The third-order valence-electron chi connectivity index (χ3n) is 5.07. The molecular formula is C26H22BrCl2N3O2. The van der Waals surface area contributed by atoms with E-state index in [-0.39, 0.29) is 11.0 Å². The number of ether oxygens (including phenoxy) is 1. The Morgan fingerprint density at radius 1 is 1.03 bits per heavy atom. The SMILES string of the molecule is CC(C)(C)c1nc2ccc(Br)cc2c(=O)n1N=Cc1ccc(OCc2ccc(Cl)c(Cl)c2)cc1. The van der Waals surface area contributed by atoms with E-state index in [0.717, 1.165) is 15.6 Å². The van der Waals surface area contributed by atoms with Gasteiger partial charge in [0.2, 0.25) is 0 Å². The smallest absolute Gasteiger partial charge is 0.282 e. The Kier molecular flexibility index (Phi) is 7.12. The van der Waals surface area contributed by atoms with Gasteiger partial charge in [-0.15, -0.1) is 0 Å². The van der Waals surface area contributed by atoms with Gasteiger partial charge in [0.05, 0.1) is 27.2 Å². The topological polar surface area (TPSA) is 56.5 Å². The summed E-state index contributed by atoms with van der Waals surface area (Å²) in [6.07, 6.45) is 1.64. The molecule has 8 heteroatoms. The van der Waals surface area contributed by atoms with Crippen molar-refractivity contribution in [1.29, 1.82) is 0 Å². The summed E-state index contributed by atoms with van der Waals surface area (Å²) in [4.78, 5) is 18.0. The molecule has 0 aliphatic carbocycles. The van der Waals surface area contributed by atoms with E-state index >= 15 is 0 Å². The van der Waals surface area contributed by atoms with Gasteiger partial charge >= 0.3 is 0 Å². The summed E-state index contributed by atoms with van der Waals surface area (Å²) in [5.41, 5.74) is 1.80. The molecule has 0 saturated carbocycles. The molecular weight excluding hydrogens is 537 g/mol. The van der Waals surface area contributed by atoms with Crippen molar-refractivity contribution >= 4 is 56.2 Å². The second-order valence-corrected chi connectivity index (χ2v) is 10.5. The van der Waals surface area contributed by atoms with E-state index < -0.39 is 0 Å². The maximum absolute atomic E-state index is 13.2. The van der Waals surface area contributed by atoms with Crippen LogP contribution >= 0.6 is 39.1 Å². The fourth-order valence-corrected chi connectivity index (χ4v) is 3.99. The summed E-state index contributed by atoms with van der Waals surface area (Å²) in [5, 5.41) is 6.01. The van der Waals surface area contributed by atoms with Crippen LogP contribution in [0, 0.1) is 0 Å². The highest BCUT2D eigenvalue weighted by Gasteiger charge is 2.22. The van der Waals surface area contributed by atoms with Crippen molar-refractivity contribution < 1.29 is 4.74 Å². The summed E-state index contributed by atoms with van der Waals surface area (Å²) >= 11 is 15.4. The van der Waals surface area contributed by atoms with Gasteiger partial charge in [-0.1, -0.05) is 66.0 Å². The number of hydrogen-bond acceptors (Lipinski definition) is 4. The third-order valence-corrected chi connectivity index (χ3v) is 6.30. The molecule has 0 radical (unpaired) electrons. The number of aromatic nitrogens is 2. The molecule has 0 bridgehead atoms. The zero-order valence-corrected chi connectivity index (χ0v) is 21.9. The number of nitrogens with zero attached hydrogens (tertiary/aromatic N) is 3. The Morgan fingerprint density at radius 2 is 1.76 bits per heavy atom. The lowest BCUT2D eigenvalue weighted by atomic mass is 9.95. The minimum atomic E-state index is -0.375. The van der Waals surface area contributed by atoms with Crippen molar-refractivity contribution in [2.24, 2.45) is 5.10 Å². The molecule has 0 fully saturated rings. The molecule has 4 aromatic rings. The first-order chi connectivity index (χ1) is 16.1. The zero-order chi connectivity index (χ0) is 24.5. The second-order valence-electron chi connectivity index (χ2n) is 8.81. The Labute approximate surface area is 216 Å². The molecule has 4 rings (SSSR count). The molecule has 174 valence electrons. The van der Waals surface area contributed by atoms with Crippen LogP contribution in [0.15, 0.2) is 75.0 Å². The van der Waals surface area contributed by atoms with E-state index in [0.29, 0.717) is 39.1 Å². The Morgan fingerprint density at radius 3 is 2.44 bits per heavy atom.